The van der Waals surface area contributed by atoms with Gasteiger partial charge in [0.15, 0.2) is 11.5 Å². The number of carbonyl (C=O) groups is 1. The first-order chi connectivity index (χ1) is 13.8. The standard InChI is InChI=1S/C18H29N7O3S/c1-18(2,3)28-17(26)21-8-7-20-16-23-14(19)13-15(24-16)25(10-22-13)12-6-5-11(27-12)9-29-4/h10-12H,5-9H2,1-4H3,(H,21,26)(H3,19,20,23,24). The maximum absolute atomic E-state index is 11.7. The lowest BCUT2D eigenvalue weighted by molar-refractivity contribution is 0.0154. The zero-order valence-electron chi connectivity index (χ0n) is 17.3. The van der Waals surface area contributed by atoms with Crippen LogP contribution in [0.15, 0.2) is 6.33 Å². The van der Waals surface area contributed by atoms with Crippen LogP contribution in [-0.4, -0.2) is 62.4 Å². The van der Waals surface area contributed by atoms with Crippen LogP contribution >= 0.6 is 11.8 Å². The molecule has 0 aromatic carbocycles. The van der Waals surface area contributed by atoms with Crippen molar-refractivity contribution in [2.24, 2.45) is 0 Å². The molecular weight excluding hydrogens is 394 g/mol. The molecule has 3 heterocycles. The van der Waals surface area contributed by atoms with Gasteiger partial charge in [-0.25, -0.2) is 9.78 Å². The van der Waals surface area contributed by atoms with E-state index < -0.39 is 11.7 Å². The fraction of sp³-hybridized carbons (Fsp3) is 0.667. The average molecular weight is 424 g/mol. The first-order valence-corrected chi connectivity index (χ1v) is 11.0. The van der Waals surface area contributed by atoms with E-state index in [1.807, 2.05) is 25.3 Å². The smallest absolute Gasteiger partial charge is 0.407 e. The van der Waals surface area contributed by atoms with Gasteiger partial charge in [0.25, 0.3) is 0 Å². The summed E-state index contributed by atoms with van der Waals surface area (Å²) in [5.41, 5.74) is 6.72. The molecule has 10 nitrogen and oxygen atoms in total. The Morgan fingerprint density at radius 3 is 2.90 bits per heavy atom. The highest BCUT2D eigenvalue weighted by Gasteiger charge is 2.28. The van der Waals surface area contributed by atoms with E-state index in [4.69, 9.17) is 15.2 Å². The van der Waals surface area contributed by atoms with Crippen LogP contribution in [0.3, 0.4) is 0 Å². The summed E-state index contributed by atoms with van der Waals surface area (Å²) in [6, 6.07) is 0. The molecular formula is C18H29N7O3S. The van der Waals surface area contributed by atoms with Crippen LogP contribution in [0.1, 0.15) is 39.8 Å². The number of carbonyl (C=O) groups excluding carboxylic acids is 1. The van der Waals surface area contributed by atoms with E-state index in [0.717, 1.165) is 18.6 Å². The largest absolute Gasteiger partial charge is 0.444 e. The number of thioether (sulfide) groups is 1. The zero-order valence-corrected chi connectivity index (χ0v) is 18.1. The number of hydrogen-bond donors (Lipinski definition) is 3. The van der Waals surface area contributed by atoms with Gasteiger partial charge in [-0.1, -0.05) is 0 Å². The van der Waals surface area contributed by atoms with E-state index in [9.17, 15) is 4.79 Å². The summed E-state index contributed by atoms with van der Waals surface area (Å²) in [6.45, 7) is 6.23. The number of nitrogens with one attached hydrogen (secondary N) is 2. The number of ether oxygens (including phenoxy) is 2. The lowest BCUT2D eigenvalue weighted by atomic mass is 10.2. The van der Waals surface area contributed by atoms with Crippen LogP contribution < -0.4 is 16.4 Å². The number of alkyl carbamates (subject to hydrolysis) is 1. The first-order valence-electron chi connectivity index (χ1n) is 9.62. The maximum Gasteiger partial charge on any atom is 0.407 e. The Morgan fingerprint density at radius 2 is 2.17 bits per heavy atom. The number of hydrogen-bond acceptors (Lipinski definition) is 9. The third-order valence-corrected chi connectivity index (χ3v) is 4.98. The molecule has 0 bridgehead atoms. The molecule has 2 unspecified atom stereocenters. The minimum absolute atomic E-state index is 0.104. The molecule has 0 radical (unpaired) electrons. The molecule has 3 rings (SSSR count). The third kappa shape index (κ3) is 5.63. The number of amides is 1. The quantitative estimate of drug-likeness (QED) is 0.575. The first kappa shape index (κ1) is 21.4. The molecule has 0 aliphatic carbocycles. The van der Waals surface area contributed by atoms with Crippen molar-refractivity contribution in [2.75, 3.05) is 36.1 Å². The van der Waals surface area contributed by atoms with Gasteiger partial charge in [0.05, 0.1) is 12.4 Å². The van der Waals surface area contributed by atoms with Crippen LogP contribution in [-0.2, 0) is 9.47 Å². The van der Waals surface area contributed by atoms with Crippen molar-refractivity contribution in [1.82, 2.24) is 24.8 Å². The summed E-state index contributed by atoms with van der Waals surface area (Å²) >= 11 is 1.78. The minimum atomic E-state index is -0.532. The molecule has 160 valence electrons. The topological polar surface area (TPSA) is 129 Å². The fourth-order valence-electron chi connectivity index (χ4n) is 3.08. The molecule has 29 heavy (non-hydrogen) atoms. The molecule has 0 saturated carbocycles. The van der Waals surface area contributed by atoms with Gasteiger partial charge in [0.2, 0.25) is 5.95 Å². The van der Waals surface area contributed by atoms with Crippen molar-refractivity contribution in [3.8, 4) is 0 Å². The molecule has 1 fully saturated rings. The van der Waals surface area contributed by atoms with Gasteiger partial charge in [-0.3, -0.25) is 4.57 Å². The lowest BCUT2D eigenvalue weighted by Gasteiger charge is -2.19. The second-order valence-corrected chi connectivity index (χ2v) is 8.77. The summed E-state index contributed by atoms with van der Waals surface area (Å²) in [7, 11) is 0. The highest BCUT2D eigenvalue weighted by atomic mass is 32.2. The number of nitrogens with zero attached hydrogens (tertiary/aromatic N) is 4. The van der Waals surface area contributed by atoms with Gasteiger partial charge in [0.1, 0.15) is 17.3 Å². The maximum atomic E-state index is 11.7. The van der Waals surface area contributed by atoms with E-state index in [0.29, 0.717) is 36.0 Å². The summed E-state index contributed by atoms with van der Waals surface area (Å²) in [5.74, 6) is 1.65. The number of nitrogens with two attached hydrogens (primary N) is 1. The van der Waals surface area contributed by atoms with Gasteiger partial charge < -0.3 is 25.8 Å². The molecule has 1 aliphatic rings. The van der Waals surface area contributed by atoms with E-state index in [1.165, 1.54) is 0 Å². The van der Waals surface area contributed by atoms with Gasteiger partial charge >= 0.3 is 6.09 Å². The molecule has 1 aliphatic heterocycles. The Hall–Kier alpha value is -2.27. The normalized spacial score (nSPS) is 19.4. The number of nitrogen functional groups attached to an aromatic ring is 1. The van der Waals surface area contributed by atoms with Crippen LogP contribution in [0.4, 0.5) is 16.6 Å². The molecule has 1 amide bonds. The molecule has 1 saturated heterocycles. The Balaban J connectivity index is 1.62. The number of rotatable bonds is 7. The van der Waals surface area contributed by atoms with E-state index in [2.05, 4.69) is 31.8 Å². The average Bonchev–Trinajstić information content (AvgIpc) is 3.24. The summed E-state index contributed by atoms with van der Waals surface area (Å²) in [4.78, 5) is 24.9. The second kappa shape index (κ2) is 9.04. The molecule has 2 aromatic heterocycles. The van der Waals surface area contributed by atoms with Gasteiger partial charge in [-0.05, 0) is 39.9 Å². The molecule has 4 N–H and O–H groups in total. The molecule has 11 heteroatoms. The molecule has 0 spiro atoms. The van der Waals surface area contributed by atoms with Crippen LogP contribution in [0.25, 0.3) is 11.2 Å². The number of anilines is 2. The zero-order chi connectivity index (χ0) is 21.0. The number of fused-ring (bicyclic) bond motifs is 1. The predicted octanol–water partition coefficient (Wildman–Crippen LogP) is 2.39. The Bertz CT molecular complexity index is 852. The minimum Gasteiger partial charge on any atom is -0.444 e. The second-order valence-electron chi connectivity index (χ2n) is 7.86. The number of imidazole rings is 1. The Labute approximate surface area is 174 Å². The van der Waals surface area contributed by atoms with Gasteiger partial charge in [-0.2, -0.15) is 21.7 Å². The number of aromatic nitrogens is 4. The van der Waals surface area contributed by atoms with Gasteiger partial charge in [-0.15, -0.1) is 0 Å². The van der Waals surface area contributed by atoms with Crippen molar-refractivity contribution in [3.05, 3.63) is 6.33 Å². The fourth-order valence-corrected chi connectivity index (χ4v) is 3.70. The van der Waals surface area contributed by atoms with E-state index >= 15 is 0 Å². The van der Waals surface area contributed by atoms with Crippen molar-refractivity contribution in [3.63, 3.8) is 0 Å². The van der Waals surface area contributed by atoms with Crippen molar-refractivity contribution in [1.29, 1.82) is 0 Å². The highest BCUT2D eigenvalue weighted by Crippen LogP contribution is 2.32. The van der Waals surface area contributed by atoms with Gasteiger partial charge in [0, 0.05) is 18.8 Å². The predicted molar refractivity (Wildman–Crippen MR) is 114 cm³/mol. The summed E-state index contributed by atoms with van der Waals surface area (Å²) < 4.78 is 13.2. The van der Waals surface area contributed by atoms with Crippen molar-refractivity contribution >= 4 is 40.8 Å². The van der Waals surface area contributed by atoms with Crippen molar-refractivity contribution < 1.29 is 14.3 Å². The summed E-state index contributed by atoms with van der Waals surface area (Å²) in [5, 5.41) is 5.75. The monoisotopic (exact) mass is 423 g/mol. The molecule has 2 atom stereocenters. The SMILES string of the molecule is CSCC1CCC(n2cnc3c(N)nc(NCCNC(=O)OC(C)(C)C)nc32)O1. The summed E-state index contributed by atoms with van der Waals surface area (Å²) in [6.07, 6.45) is 5.36. The van der Waals surface area contributed by atoms with E-state index in [1.54, 1.807) is 18.1 Å². The highest BCUT2D eigenvalue weighted by molar-refractivity contribution is 7.98. The van der Waals surface area contributed by atoms with Crippen molar-refractivity contribution in [2.45, 2.75) is 51.5 Å². The Morgan fingerprint density at radius 1 is 1.38 bits per heavy atom. The van der Waals surface area contributed by atoms with E-state index in [-0.39, 0.29) is 12.3 Å². The lowest BCUT2D eigenvalue weighted by Crippen LogP contribution is -2.35. The Kier molecular flexibility index (Phi) is 6.68. The van der Waals surface area contributed by atoms with Crippen LogP contribution in [0.5, 0.6) is 0 Å². The van der Waals surface area contributed by atoms with Crippen LogP contribution in [0, 0.1) is 0 Å². The molecule has 2 aromatic rings. The van der Waals surface area contributed by atoms with Crippen LogP contribution in [0.2, 0.25) is 0 Å². The third-order valence-electron chi connectivity index (χ3n) is 4.27.